The quantitative estimate of drug-likeness (QED) is 0.00884. The van der Waals surface area contributed by atoms with Crippen LogP contribution in [0.25, 0.3) is 28.5 Å². The van der Waals surface area contributed by atoms with Crippen LogP contribution in [0.1, 0.15) is 54.5 Å². The summed E-state index contributed by atoms with van der Waals surface area (Å²) in [6.45, 7) is 4.35. The number of nitriles is 1. The van der Waals surface area contributed by atoms with Crippen LogP contribution in [0.3, 0.4) is 0 Å². The molecule has 0 fully saturated rings. The number of nitrogens with one attached hydrogen (secondary N) is 1. The molecule has 13 rings (SSSR count). The van der Waals surface area contributed by atoms with E-state index in [1.165, 1.54) is 104 Å². The third-order valence-electron chi connectivity index (χ3n) is 16.0. The van der Waals surface area contributed by atoms with Crippen molar-refractivity contribution in [1.29, 1.82) is 5.26 Å². The maximum absolute atomic E-state index is 13.2. The lowest BCUT2D eigenvalue weighted by Crippen LogP contribution is -2.21. The number of hydrogen-bond acceptors (Lipinski definition) is 21. The monoisotopic (exact) mass is 1850 g/mol. The fourth-order valence-electron chi connectivity index (χ4n) is 9.93. The third-order valence-corrected chi connectivity index (χ3v) is 17.0. The van der Waals surface area contributed by atoms with E-state index in [4.69, 9.17) is 76.6 Å². The number of carbonyl (C=O) groups is 1. The number of anilines is 1. The maximum atomic E-state index is 13.2. The van der Waals surface area contributed by atoms with Gasteiger partial charge in [0.15, 0.2) is 5.82 Å². The number of alkyl halides is 1. The number of rotatable bonds is 18. The molecule has 125 heavy (non-hydrogen) atoms. The number of methoxy groups -OCH3 is 6. The van der Waals surface area contributed by atoms with Gasteiger partial charge >= 0.3 is 12.1 Å². The number of ether oxygens (including phenoxy) is 7. The number of H-pyrrole nitrogens is 1. The molecule has 654 valence electrons. The van der Waals surface area contributed by atoms with Gasteiger partial charge in [-0.1, -0.05) is 61.5 Å². The number of esters is 1. The van der Waals surface area contributed by atoms with E-state index in [0.29, 0.717) is 98.5 Å². The minimum absolute atomic E-state index is 0.0572. The van der Waals surface area contributed by atoms with Crippen LogP contribution >= 0.6 is 34.2 Å². The summed E-state index contributed by atoms with van der Waals surface area (Å²) < 4.78 is 117. The number of halogens is 8. The minimum atomic E-state index is -0.533. The smallest absolute Gasteiger partial charge is 0.373 e. The van der Waals surface area contributed by atoms with E-state index < -0.39 is 34.7 Å². The summed E-state index contributed by atoms with van der Waals surface area (Å²) in [5.74, 6) is 1.05. The fourth-order valence-corrected chi connectivity index (χ4v) is 10.5. The summed E-state index contributed by atoms with van der Waals surface area (Å²) in [6.07, 6.45) is 4.99. The number of aromatic hydroxyl groups is 1. The van der Waals surface area contributed by atoms with E-state index in [1.54, 1.807) is 138 Å². The first-order valence-corrected chi connectivity index (χ1v) is 38.4. The van der Waals surface area contributed by atoms with Crippen molar-refractivity contribution in [3.8, 4) is 74.9 Å². The largest absolute Gasteiger partial charge is 0.494 e. The van der Waals surface area contributed by atoms with Crippen molar-refractivity contribution in [3.05, 3.63) is 369 Å². The van der Waals surface area contributed by atoms with E-state index in [2.05, 4.69) is 42.3 Å². The topological polar surface area (TPSA) is 376 Å². The molecule has 4 aromatic heterocycles. The van der Waals surface area contributed by atoms with Crippen molar-refractivity contribution in [2.24, 2.45) is 10.7 Å². The first-order valence-electron chi connectivity index (χ1n) is 36.8. The van der Waals surface area contributed by atoms with E-state index in [0.717, 1.165) is 72.0 Å². The molecule has 4 heterocycles. The van der Waals surface area contributed by atoms with Crippen LogP contribution in [0.15, 0.2) is 285 Å². The van der Waals surface area contributed by atoms with Gasteiger partial charge in [0, 0.05) is 75.2 Å². The number of para-hydroxylation sites is 3. The molecule has 0 bridgehead atoms. The van der Waals surface area contributed by atoms with Crippen molar-refractivity contribution in [3.63, 3.8) is 0 Å². The summed E-state index contributed by atoms with van der Waals surface area (Å²) >= 11 is 7.88. The first kappa shape index (κ1) is 103. The number of amidine groups is 1. The second kappa shape index (κ2) is 56.1. The van der Waals surface area contributed by atoms with Crippen LogP contribution in [0.4, 0.5) is 37.7 Å². The first-order chi connectivity index (χ1) is 60.1. The van der Waals surface area contributed by atoms with E-state index in [1.807, 2.05) is 50.2 Å². The zero-order chi connectivity index (χ0) is 92.3. The summed E-state index contributed by atoms with van der Waals surface area (Å²) in [4.78, 5) is 83.0. The van der Waals surface area contributed by atoms with Crippen LogP contribution < -0.4 is 62.1 Å². The standard InChI is InChI=1S/C18H15FN2O4.C15H15FN2O2.C12H9ClFNO.C12H10FNO2.C8H11NO2.C7H4FN.C7H7IO.C6H12O2.C5H4FNO.CO2/c1-24-13-4-3-5-14(25-2)17(13)21-16(23)10-15(22)20-18(21)11-6-8-12(19)9-7-11;1-19-12-4-3-5-13(20-2)14(12)18-15(17)10-6-8-11(16)9-7-10;13-7-9-1-4-11(5-2-9)15-8-10(14)3-6-12(15)16;13-10-3-6-12(16)14(7-10)11-4-1-9(8-15)2-5-11;1-10-6-4-3-5-7(11-2)8(6)9;2*8-7-3-1-6(5-9)2-4-7;1-3-5-6(7)8-4-2;6-4-1-2-5(8)7-3-4;2-1-3/h3-10,22H,1-2H3;3-9H,1-2H3,(H2,17,18);1-6,8H,7H2;1-7,15H,8H2;3-5H,9H2,1-2H3;1-4H;1-4,9H,5H2;3-5H2,1-2H3;1-3H,(H,7,8);. The van der Waals surface area contributed by atoms with Gasteiger partial charge in [-0.05, 0) is 216 Å². The van der Waals surface area contributed by atoms with Gasteiger partial charge in [0.05, 0.1) is 80.2 Å². The van der Waals surface area contributed by atoms with Gasteiger partial charge in [-0.3, -0.25) is 37.7 Å². The number of aliphatic hydroxyl groups is 2. The van der Waals surface area contributed by atoms with Crippen molar-refractivity contribution in [1.82, 2.24) is 23.7 Å². The van der Waals surface area contributed by atoms with Crippen LogP contribution in [0, 0.1) is 49.8 Å². The number of nitrogens with two attached hydrogens (primary N) is 2. The fraction of sp³-hybridized carbons (Fsp3) is 0.154. The third kappa shape index (κ3) is 35.2. The number of aromatic nitrogens is 5. The van der Waals surface area contributed by atoms with Crippen molar-refractivity contribution < 1.29 is 89.2 Å². The number of benzene rings is 9. The Hall–Kier alpha value is -14.6. The van der Waals surface area contributed by atoms with Gasteiger partial charge in [0.2, 0.25) is 11.4 Å². The van der Waals surface area contributed by atoms with Crippen LogP contribution in [0.5, 0.6) is 40.4 Å². The molecule has 0 aliphatic heterocycles. The highest BCUT2D eigenvalue weighted by Crippen LogP contribution is 2.38. The zero-order valence-electron chi connectivity index (χ0n) is 68.5. The molecule has 13 aromatic rings. The molecule has 0 atom stereocenters. The van der Waals surface area contributed by atoms with Gasteiger partial charge in [0.25, 0.3) is 16.7 Å². The molecule has 26 nitrogen and oxygen atoms in total. The number of aromatic amines is 1. The highest BCUT2D eigenvalue weighted by molar-refractivity contribution is 14.1. The van der Waals surface area contributed by atoms with Crippen LogP contribution in [-0.2, 0) is 38.2 Å². The second-order valence-corrected chi connectivity index (χ2v) is 25.9. The van der Waals surface area contributed by atoms with Crippen LogP contribution in [0.2, 0.25) is 0 Å². The number of pyridine rings is 3. The summed E-state index contributed by atoms with van der Waals surface area (Å²) in [6, 6.07) is 63.7. The SMILES string of the molecule is CCCC(=O)OCC.COc1cccc(OC)c1-n1c(-c2ccc(F)cc2)nc(O)cc1=O.COc1cccc(OC)c1N.COc1cccc(OC)c1N=C(N)c1ccc(F)cc1.N#Cc1ccc(F)cc1.O=C=O.O=c1ccc(F)c[nH]1.O=c1ccc(F)cn1-c1ccc(CCl)cc1.O=c1ccc(F)cn1-c1ccc(CO)cc1.OCc1ccc(I)cc1. The predicted molar refractivity (Wildman–Crippen MR) is 470 cm³/mol. The molecule has 9 aromatic carbocycles. The number of carbonyl (C=O) groups excluding carboxylic acids is 3. The highest BCUT2D eigenvalue weighted by atomic mass is 127. The second-order valence-electron chi connectivity index (χ2n) is 24.4. The van der Waals surface area contributed by atoms with Gasteiger partial charge in [-0.25, -0.2) is 31.3 Å². The van der Waals surface area contributed by atoms with Crippen molar-refractivity contribution in [2.75, 3.05) is 55.0 Å². The normalized spacial score (nSPS) is 9.88. The average Bonchev–Trinajstić information content (AvgIpc) is 0.768. The lowest BCUT2D eigenvalue weighted by molar-refractivity contribution is -0.191. The molecule has 34 heteroatoms. The Morgan fingerprint density at radius 2 is 0.936 bits per heavy atom. The Balaban J connectivity index is 0.000000302. The Kier molecular flexibility index (Phi) is 46.1. The summed E-state index contributed by atoms with van der Waals surface area (Å²) in [5, 5.41) is 35.5. The van der Waals surface area contributed by atoms with Gasteiger partial charge in [0.1, 0.15) is 92.3 Å². The van der Waals surface area contributed by atoms with Gasteiger partial charge in [-0.2, -0.15) is 19.8 Å². The molecule has 0 aliphatic rings. The molecule has 0 aliphatic carbocycles. The van der Waals surface area contributed by atoms with Crippen LogP contribution in [-0.4, -0.2) is 106 Å². The molecule has 0 unspecified atom stereocenters. The number of nitrogens with zero attached hydrogens (tertiary/aromatic N) is 6. The molecular formula is C91H87ClF6IN9O17. The molecule has 0 saturated carbocycles. The number of aliphatic imine (C=N–C) groups is 1. The maximum Gasteiger partial charge on any atom is 0.373 e. The number of aliphatic hydroxyl groups excluding tert-OH is 2. The lowest BCUT2D eigenvalue weighted by Gasteiger charge is -2.18. The van der Waals surface area contributed by atoms with E-state index in [-0.39, 0.29) is 65.3 Å². The van der Waals surface area contributed by atoms with E-state index in [9.17, 15) is 55.4 Å². The van der Waals surface area contributed by atoms with Gasteiger partial charge in [-0.15, -0.1) is 11.6 Å². The Morgan fingerprint density at radius 3 is 1.33 bits per heavy atom. The van der Waals surface area contributed by atoms with Crippen molar-refractivity contribution in [2.45, 2.75) is 45.8 Å². The molecule has 0 amide bonds. The highest BCUT2D eigenvalue weighted by Gasteiger charge is 2.21. The number of nitrogen functional groups attached to an aromatic ring is 1. The molecule has 0 saturated heterocycles. The molecule has 0 spiro atoms. The van der Waals surface area contributed by atoms with E-state index >= 15 is 0 Å². The molecule has 0 radical (unpaired) electrons. The average molecular weight is 1860 g/mol. The van der Waals surface area contributed by atoms with Gasteiger partial charge < -0.3 is 64.9 Å². The summed E-state index contributed by atoms with van der Waals surface area (Å²) in [5.41, 5.74) is 17.0. The molecule has 8 N–H and O–H groups in total. The lowest BCUT2D eigenvalue weighted by atomic mass is 10.2. The molecular weight excluding hydrogens is 1770 g/mol. The summed E-state index contributed by atoms with van der Waals surface area (Å²) in [7, 11) is 9.17. The zero-order valence-corrected chi connectivity index (χ0v) is 71.4. The van der Waals surface area contributed by atoms with Crippen molar-refractivity contribution >= 4 is 63.5 Å². The number of hydrogen-bond donors (Lipinski definition) is 6. The Morgan fingerprint density at radius 1 is 0.536 bits per heavy atom. The minimum Gasteiger partial charge on any atom is -0.494 e. The Bertz CT molecular complexity index is 5670. The predicted octanol–water partition coefficient (Wildman–Crippen LogP) is 15.9. The Labute approximate surface area is 732 Å².